The molecule has 4 heteroatoms. The maximum atomic E-state index is 13.0. The number of carboxylic acids is 1. The van der Waals surface area contributed by atoms with E-state index in [2.05, 4.69) is 19.2 Å². The third-order valence-corrected chi connectivity index (χ3v) is 4.49. The van der Waals surface area contributed by atoms with Gasteiger partial charge in [0.2, 0.25) is 0 Å². The highest BCUT2D eigenvalue weighted by molar-refractivity contribution is 5.83. The van der Waals surface area contributed by atoms with Crippen molar-refractivity contribution in [2.75, 3.05) is 5.32 Å². The standard InChI is InChI=1S/C16H22FNO2/c1-11-10-15(2,3)8-9-16(11,14(19)20)18-13-6-4-12(17)5-7-13/h4-7,11,18H,8-10H2,1-3H3,(H,19,20). The van der Waals surface area contributed by atoms with Gasteiger partial charge in [-0.05, 0) is 54.9 Å². The molecule has 0 aliphatic heterocycles. The molecule has 1 aromatic rings. The molecule has 1 saturated carbocycles. The van der Waals surface area contributed by atoms with Gasteiger partial charge in [-0.15, -0.1) is 0 Å². The third kappa shape index (κ3) is 2.79. The van der Waals surface area contributed by atoms with Crippen molar-refractivity contribution in [2.45, 2.75) is 45.6 Å². The van der Waals surface area contributed by atoms with Crippen LogP contribution in [-0.2, 0) is 4.79 Å². The van der Waals surface area contributed by atoms with Gasteiger partial charge < -0.3 is 10.4 Å². The fraction of sp³-hybridized carbons (Fsp3) is 0.562. The first-order valence-corrected chi connectivity index (χ1v) is 7.02. The summed E-state index contributed by atoms with van der Waals surface area (Å²) in [6, 6.07) is 5.86. The minimum absolute atomic E-state index is 0.00815. The van der Waals surface area contributed by atoms with Gasteiger partial charge in [0, 0.05) is 5.69 Å². The predicted molar refractivity (Wildman–Crippen MR) is 77.2 cm³/mol. The van der Waals surface area contributed by atoms with Crippen LogP contribution in [0.3, 0.4) is 0 Å². The molecule has 0 aromatic heterocycles. The minimum atomic E-state index is -0.965. The lowest BCUT2D eigenvalue weighted by Gasteiger charge is -2.46. The number of aliphatic carboxylic acids is 1. The van der Waals surface area contributed by atoms with Crippen LogP contribution in [0.2, 0.25) is 0 Å². The Morgan fingerprint density at radius 2 is 1.90 bits per heavy atom. The number of nitrogens with one attached hydrogen (secondary N) is 1. The summed E-state index contributed by atoms with van der Waals surface area (Å²) in [5, 5.41) is 12.9. The Morgan fingerprint density at radius 3 is 2.40 bits per heavy atom. The average Bonchev–Trinajstić information content (AvgIpc) is 2.34. The number of rotatable bonds is 3. The Kier molecular flexibility index (Phi) is 3.76. The van der Waals surface area contributed by atoms with Gasteiger partial charge in [-0.3, -0.25) is 0 Å². The zero-order chi connectivity index (χ0) is 15.0. The lowest BCUT2D eigenvalue weighted by Crippen LogP contribution is -2.55. The monoisotopic (exact) mass is 279 g/mol. The van der Waals surface area contributed by atoms with E-state index in [-0.39, 0.29) is 17.2 Å². The normalized spacial score (nSPS) is 28.9. The maximum absolute atomic E-state index is 13.0. The Morgan fingerprint density at radius 1 is 1.30 bits per heavy atom. The molecule has 2 atom stereocenters. The Labute approximate surface area is 119 Å². The highest BCUT2D eigenvalue weighted by Crippen LogP contribution is 2.45. The molecule has 0 bridgehead atoms. The molecular formula is C16H22FNO2. The van der Waals surface area contributed by atoms with Gasteiger partial charge in [0.25, 0.3) is 0 Å². The molecule has 0 amide bonds. The maximum Gasteiger partial charge on any atom is 0.329 e. The summed E-state index contributed by atoms with van der Waals surface area (Å²) in [6.45, 7) is 6.33. The summed E-state index contributed by atoms with van der Waals surface area (Å²) < 4.78 is 13.0. The van der Waals surface area contributed by atoms with E-state index >= 15 is 0 Å². The fourth-order valence-electron chi connectivity index (χ4n) is 3.23. The molecule has 2 unspecified atom stereocenters. The molecule has 1 aromatic carbocycles. The number of anilines is 1. The van der Waals surface area contributed by atoms with Crippen molar-refractivity contribution in [3.63, 3.8) is 0 Å². The van der Waals surface area contributed by atoms with Gasteiger partial charge in [-0.2, -0.15) is 0 Å². The second-order valence-corrected chi connectivity index (χ2v) is 6.68. The summed E-state index contributed by atoms with van der Waals surface area (Å²) >= 11 is 0. The van der Waals surface area contributed by atoms with E-state index < -0.39 is 11.5 Å². The molecule has 0 heterocycles. The molecule has 1 aliphatic carbocycles. The molecule has 0 spiro atoms. The van der Waals surface area contributed by atoms with Gasteiger partial charge in [-0.1, -0.05) is 20.8 Å². The van der Waals surface area contributed by atoms with Crippen molar-refractivity contribution in [3.05, 3.63) is 30.1 Å². The smallest absolute Gasteiger partial charge is 0.329 e. The number of halogens is 1. The van der Waals surface area contributed by atoms with Crippen LogP contribution < -0.4 is 5.32 Å². The van der Waals surface area contributed by atoms with Crippen LogP contribution in [0.4, 0.5) is 10.1 Å². The van der Waals surface area contributed by atoms with Crippen LogP contribution >= 0.6 is 0 Å². The van der Waals surface area contributed by atoms with Crippen molar-refractivity contribution in [1.29, 1.82) is 0 Å². The van der Waals surface area contributed by atoms with E-state index in [4.69, 9.17) is 0 Å². The van der Waals surface area contributed by atoms with Crippen LogP contribution in [0.15, 0.2) is 24.3 Å². The van der Waals surface area contributed by atoms with E-state index in [1.165, 1.54) is 12.1 Å². The van der Waals surface area contributed by atoms with Gasteiger partial charge in [0.05, 0.1) is 0 Å². The third-order valence-electron chi connectivity index (χ3n) is 4.49. The SMILES string of the molecule is CC1CC(C)(C)CCC1(Nc1ccc(F)cc1)C(=O)O. The van der Waals surface area contributed by atoms with Gasteiger partial charge >= 0.3 is 5.97 Å². The predicted octanol–water partition coefficient (Wildman–Crippen LogP) is 3.91. The van der Waals surface area contributed by atoms with Crippen molar-refractivity contribution in [3.8, 4) is 0 Å². The molecule has 1 fully saturated rings. The van der Waals surface area contributed by atoms with Gasteiger partial charge in [0.15, 0.2) is 0 Å². The van der Waals surface area contributed by atoms with E-state index in [1.807, 2.05) is 6.92 Å². The number of hydrogen-bond donors (Lipinski definition) is 2. The van der Waals surface area contributed by atoms with Crippen LogP contribution in [0.1, 0.15) is 40.0 Å². The molecule has 110 valence electrons. The summed E-state index contributed by atoms with van der Waals surface area (Å²) in [5.74, 6) is -1.14. The van der Waals surface area contributed by atoms with E-state index in [0.29, 0.717) is 12.1 Å². The quantitative estimate of drug-likeness (QED) is 0.882. The molecule has 3 nitrogen and oxygen atoms in total. The second-order valence-electron chi connectivity index (χ2n) is 6.68. The highest BCUT2D eigenvalue weighted by Gasteiger charge is 2.49. The first-order valence-electron chi connectivity index (χ1n) is 7.02. The average molecular weight is 279 g/mol. The molecular weight excluding hydrogens is 257 g/mol. The Bertz CT molecular complexity index is 498. The second kappa shape index (κ2) is 5.08. The molecule has 2 rings (SSSR count). The van der Waals surface area contributed by atoms with Crippen LogP contribution in [-0.4, -0.2) is 16.6 Å². The molecule has 1 aliphatic rings. The Balaban J connectivity index is 2.27. The van der Waals surface area contributed by atoms with E-state index in [1.54, 1.807) is 12.1 Å². The van der Waals surface area contributed by atoms with Gasteiger partial charge in [0.1, 0.15) is 11.4 Å². The largest absolute Gasteiger partial charge is 0.479 e. The zero-order valence-corrected chi connectivity index (χ0v) is 12.2. The summed E-state index contributed by atoms with van der Waals surface area (Å²) in [7, 11) is 0. The van der Waals surface area contributed by atoms with E-state index in [0.717, 1.165) is 12.8 Å². The molecule has 0 radical (unpaired) electrons. The first kappa shape index (κ1) is 14.8. The minimum Gasteiger partial charge on any atom is -0.479 e. The lowest BCUT2D eigenvalue weighted by molar-refractivity contribution is -0.146. The Hall–Kier alpha value is -1.58. The number of benzene rings is 1. The lowest BCUT2D eigenvalue weighted by atomic mass is 9.63. The van der Waals surface area contributed by atoms with Crippen LogP contribution in [0, 0.1) is 17.2 Å². The van der Waals surface area contributed by atoms with Crippen molar-refractivity contribution in [1.82, 2.24) is 0 Å². The van der Waals surface area contributed by atoms with E-state index in [9.17, 15) is 14.3 Å². The zero-order valence-electron chi connectivity index (χ0n) is 12.2. The van der Waals surface area contributed by atoms with Crippen molar-refractivity contribution >= 4 is 11.7 Å². The number of carboxylic acid groups (broad SMARTS) is 1. The fourth-order valence-corrected chi connectivity index (χ4v) is 3.23. The summed E-state index contributed by atoms with van der Waals surface area (Å²) in [6.07, 6.45) is 2.29. The molecule has 0 saturated heterocycles. The molecule has 20 heavy (non-hydrogen) atoms. The summed E-state index contributed by atoms with van der Waals surface area (Å²) in [5.41, 5.74) is -0.142. The van der Waals surface area contributed by atoms with Crippen LogP contribution in [0.25, 0.3) is 0 Å². The van der Waals surface area contributed by atoms with Crippen molar-refractivity contribution in [2.24, 2.45) is 11.3 Å². The number of carbonyl (C=O) groups is 1. The first-order chi connectivity index (χ1) is 9.25. The number of hydrogen-bond acceptors (Lipinski definition) is 2. The van der Waals surface area contributed by atoms with Crippen molar-refractivity contribution < 1.29 is 14.3 Å². The molecule has 2 N–H and O–H groups in total. The van der Waals surface area contributed by atoms with Gasteiger partial charge in [-0.25, -0.2) is 9.18 Å². The van der Waals surface area contributed by atoms with Crippen LogP contribution in [0.5, 0.6) is 0 Å². The topological polar surface area (TPSA) is 49.3 Å². The highest BCUT2D eigenvalue weighted by atomic mass is 19.1. The summed E-state index contributed by atoms with van der Waals surface area (Å²) in [4.78, 5) is 11.8.